The van der Waals surface area contributed by atoms with Gasteiger partial charge in [0.2, 0.25) is 0 Å². The maximum Gasteiger partial charge on any atom is 0.251 e. The van der Waals surface area contributed by atoms with Crippen molar-refractivity contribution in [3.8, 4) is 0 Å². The first-order valence-electron chi connectivity index (χ1n) is 5.50. The van der Waals surface area contributed by atoms with Gasteiger partial charge in [0.25, 0.3) is 5.91 Å². The van der Waals surface area contributed by atoms with Crippen molar-refractivity contribution < 1.29 is 4.79 Å². The molecule has 0 aliphatic rings. The third kappa shape index (κ3) is 2.91. The van der Waals surface area contributed by atoms with Gasteiger partial charge in [-0.15, -0.1) is 0 Å². The van der Waals surface area contributed by atoms with E-state index < -0.39 is 0 Å². The van der Waals surface area contributed by atoms with E-state index in [1.165, 1.54) is 0 Å². The topological polar surface area (TPSA) is 42.0 Å². The van der Waals surface area contributed by atoms with E-state index in [9.17, 15) is 4.79 Å². The van der Waals surface area contributed by atoms with Crippen molar-refractivity contribution in [2.75, 3.05) is 0 Å². The molecule has 86 valence electrons. The van der Waals surface area contributed by atoms with Crippen LogP contribution in [0.25, 0.3) is 0 Å². The molecule has 17 heavy (non-hydrogen) atoms. The molecule has 0 saturated heterocycles. The van der Waals surface area contributed by atoms with Gasteiger partial charge in [-0.3, -0.25) is 9.78 Å². The summed E-state index contributed by atoms with van der Waals surface area (Å²) < 4.78 is 0. The Bertz CT molecular complexity index is 509. The summed E-state index contributed by atoms with van der Waals surface area (Å²) in [5.74, 6) is -0.0613. The lowest BCUT2D eigenvalue weighted by atomic mass is 10.1. The third-order valence-corrected chi connectivity index (χ3v) is 2.56. The highest BCUT2D eigenvalue weighted by Crippen LogP contribution is 2.05. The van der Waals surface area contributed by atoms with Crippen LogP contribution in [0.5, 0.6) is 0 Å². The lowest BCUT2D eigenvalue weighted by Gasteiger charge is -2.07. The first-order valence-corrected chi connectivity index (χ1v) is 5.50. The molecule has 3 nitrogen and oxygen atoms in total. The van der Waals surface area contributed by atoms with E-state index in [0.29, 0.717) is 12.1 Å². The Kier molecular flexibility index (Phi) is 3.50. The number of benzene rings is 1. The van der Waals surface area contributed by atoms with Crippen LogP contribution >= 0.6 is 0 Å². The average molecular weight is 226 g/mol. The fraction of sp³-hybridized carbons (Fsp3) is 0.143. The first-order chi connectivity index (χ1) is 8.27. The molecule has 1 heterocycles. The molecule has 0 bridgehead atoms. The Morgan fingerprint density at radius 3 is 2.71 bits per heavy atom. The summed E-state index contributed by atoms with van der Waals surface area (Å²) in [6.45, 7) is 2.42. The molecule has 0 fully saturated rings. The highest BCUT2D eigenvalue weighted by atomic mass is 16.1. The number of hydrogen-bond donors (Lipinski definition) is 1. The van der Waals surface area contributed by atoms with Crippen molar-refractivity contribution in [1.29, 1.82) is 0 Å². The van der Waals surface area contributed by atoms with E-state index in [4.69, 9.17) is 0 Å². The number of aromatic nitrogens is 1. The Hall–Kier alpha value is -2.16. The number of nitrogens with one attached hydrogen (secondary N) is 1. The minimum absolute atomic E-state index is 0.0613. The fourth-order valence-corrected chi connectivity index (χ4v) is 1.60. The second kappa shape index (κ2) is 5.25. The lowest BCUT2D eigenvalue weighted by molar-refractivity contribution is 0.0950. The van der Waals surface area contributed by atoms with E-state index in [0.717, 1.165) is 11.1 Å². The Labute approximate surface area is 101 Å². The van der Waals surface area contributed by atoms with E-state index in [1.54, 1.807) is 18.5 Å². The van der Waals surface area contributed by atoms with Gasteiger partial charge in [-0.1, -0.05) is 30.3 Å². The standard InChI is InChI=1S/C14H14N2O/c1-11-9-15-8-7-13(11)14(17)16-10-12-5-3-2-4-6-12/h2-9H,10H2,1H3,(H,16,17). The van der Waals surface area contributed by atoms with E-state index >= 15 is 0 Å². The minimum Gasteiger partial charge on any atom is -0.348 e. The van der Waals surface area contributed by atoms with Crippen LogP contribution in [0.15, 0.2) is 48.8 Å². The van der Waals surface area contributed by atoms with Crippen molar-refractivity contribution in [3.05, 3.63) is 65.5 Å². The van der Waals surface area contributed by atoms with Crippen molar-refractivity contribution in [1.82, 2.24) is 10.3 Å². The molecule has 0 atom stereocenters. The summed E-state index contributed by atoms with van der Waals surface area (Å²) in [6.07, 6.45) is 3.32. The lowest BCUT2D eigenvalue weighted by Crippen LogP contribution is -2.23. The maximum atomic E-state index is 11.9. The van der Waals surface area contributed by atoms with Crippen LogP contribution in [0, 0.1) is 6.92 Å². The van der Waals surface area contributed by atoms with Crippen LogP contribution < -0.4 is 5.32 Å². The molecule has 1 aromatic heterocycles. The summed E-state index contributed by atoms with van der Waals surface area (Å²) in [5, 5.41) is 2.89. The predicted octanol–water partition coefficient (Wildman–Crippen LogP) is 2.32. The quantitative estimate of drug-likeness (QED) is 0.872. The number of nitrogens with zero attached hydrogens (tertiary/aromatic N) is 1. The molecule has 1 aromatic carbocycles. The summed E-state index contributed by atoms with van der Waals surface area (Å²) in [5.41, 5.74) is 2.65. The van der Waals surface area contributed by atoms with Crippen LogP contribution in [0.1, 0.15) is 21.5 Å². The molecular formula is C14H14N2O. The summed E-state index contributed by atoms with van der Waals surface area (Å²) in [6, 6.07) is 11.6. The van der Waals surface area contributed by atoms with Gasteiger partial charge in [-0.05, 0) is 24.1 Å². The molecule has 0 saturated carbocycles. The van der Waals surface area contributed by atoms with Crippen molar-refractivity contribution in [3.63, 3.8) is 0 Å². The monoisotopic (exact) mass is 226 g/mol. The fourth-order valence-electron chi connectivity index (χ4n) is 1.60. The highest BCUT2D eigenvalue weighted by Gasteiger charge is 2.07. The van der Waals surface area contributed by atoms with Gasteiger partial charge < -0.3 is 5.32 Å². The zero-order valence-corrected chi connectivity index (χ0v) is 9.68. The maximum absolute atomic E-state index is 11.9. The average Bonchev–Trinajstić information content (AvgIpc) is 2.38. The van der Waals surface area contributed by atoms with Crippen LogP contribution in [0.2, 0.25) is 0 Å². The van der Waals surface area contributed by atoms with Crippen LogP contribution in [0.4, 0.5) is 0 Å². The Morgan fingerprint density at radius 2 is 2.00 bits per heavy atom. The van der Waals surface area contributed by atoms with Gasteiger partial charge in [0, 0.05) is 24.5 Å². The largest absolute Gasteiger partial charge is 0.348 e. The molecule has 0 radical (unpaired) electrons. The molecule has 1 amide bonds. The van der Waals surface area contributed by atoms with Gasteiger partial charge in [0.15, 0.2) is 0 Å². The molecule has 3 heteroatoms. The molecule has 0 spiro atoms. The van der Waals surface area contributed by atoms with E-state index in [1.807, 2.05) is 37.3 Å². The van der Waals surface area contributed by atoms with Gasteiger partial charge >= 0.3 is 0 Å². The van der Waals surface area contributed by atoms with Crippen molar-refractivity contribution >= 4 is 5.91 Å². The zero-order chi connectivity index (χ0) is 12.1. The Balaban J connectivity index is 2.01. The van der Waals surface area contributed by atoms with Crippen LogP contribution in [-0.4, -0.2) is 10.9 Å². The molecule has 2 aromatic rings. The second-order valence-electron chi connectivity index (χ2n) is 3.86. The molecule has 0 aliphatic heterocycles. The van der Waals surface area contributed by atoms with Crippen LogP contribution in [0.3, 0.4) is 0 Å². The molecule has 0 unspecified atom stereocenters. The van der Waals surface area contributed by atoms with Gasteiger partial charge in [-0.2, -0.15) is 0 Å². The predicted molar refractivity (Wildman–Crippen MR) is 66.6 cm³/mol. The summed E-state index contributed by atoms with van der Waals surface area (Å²) in [4.78, 5) is 15.9. The molecule has 0 aliphatic carbocycles. The smallest absolute Gasteiger partial charge is 0.251 e. The molecular weight excluding hydrogens is 212 g/mol. The minimum atomic E-state index is -0.0613. The van der Waals surface area contributed by atoms with Crippen LogP contribution in [-0.2, 0) is 6.54 Å². The third-order valence-electron chi connectivity index (χ3n) is 2.56. The summed E-state index contributed by atoms with van der Waals surface area (Å²) in [7, 11) is 0. The number of carbonyl (C=O) groups is 1. The zero-order valence-electron chi connectivity index (χ0n) is 9.68. The van der Waals surface area contributed by atoms with Crippen molar-refractivity contribution in [2.45, 2.75) is 13.5 Å². The number of rotatable bonds is 3. The van der Waals surface area contributed by atoms with Gasteiger partial charge in [-0.25, -0.2) is 0 Å². The van der Waals surface area contributed by atoms with E-state index in [2.05, 4.69) is 10.3 Å². The van der Waals surface area contributed by atoms with Crippen molar-refractivity contribution in [2.24, 2.45) is 0 Å². The number of carbonyl (C=O) groups excluding carboxylic acids is 1. The molecule has 1 N–H and O–H groups in total. The molecule has 2 rings (SSSR count). The van der Waals surface area contributed by atoms with E-state index in [-0.39, 0.29) is 5.91 Å². The number of aryl methyl sites for hydroxylation is 1. The number of hydrogen-bond acceptors (Lipinski definition) is 2. The normalized spacial score (nSPS) is 9.94. The number of pyridine rings is 1. The highest BCUT2D eigenvalue weighted by molar-refractivity contribution is 5.95. The Morgan fingerprint density at radius 1 is 1.24 bits per heavy atom. The second-order valence-corrected chi connectivity index (χ2v) is 3.86. The van der Waals surface area contributed by atoms with Gasteiger partial charge in [0.05, 0.1) is 0 Å². The summed E-state index contributed by atoms with van der Waals surface area (Å²) >= 11 is 0. The first kappa shape index (κ1) is 11.3. The van der Waals surface area contributed by atoms with Gasteiger partial charge in [0.1, 0.15) is 0 Å². The number of amides is 1. The SMILES string of the molecule is Cc1cnccc1C(=O)NCc1ccccc1.